The van der Waals surface area contributed by atoms with Gasteiger partial charge < -0.3 is 15.8 Å². The highest BCUT2D eigenvalue weighted by Crippen LogP contribution is 2.10. The minimum absolute atomic E-state index is 0.161. The van der Waals surface area contributed by atoms with Crippen molar-refractivity contribution in [2.45, 2.75) is 0 Å². The third-order valence-electron chi connectivity index (χ3n) is 2.57. The molecule has 1 aromatic heterocycles. The summed E-state index contributed by atoms with van der Waals surface area (Å²) in [4.78, 5) is 17.8. The summed E-state index contributed by atoms with van der Waals surface area (Å²) in [5, 5.41) is 4.91. The van der Waals surface area contributed by atoms with E-state index in [4.69, 9.17) is 10.5 Å². The van der Waals surface area contributed by atoms with Crippen LogP contribution in [0, 0.1) is 0 Å². The van der Waals surface area contributed by atoms with Crippen molar-refractivity contribution in [2.75, 3.05) is 45.1 Å². The first-order valence-electron chi connectivity index (χ1n) is 5.55. The number of carbonyl (C=O) groups is 1. The van der Waals surface area contributed by atoms with Crippen molar-refractivity contribution in [1.82, 2.24) is 15.2 Å². The maximum absolute atomic E-state index is 11.6. The number of nitrogens with two attached hydrogens (primary N) is 1. The number of thiazole rings is 1. The van der Waals surface area contributed by atoms with Crippen LogP contribution in [0.4, 0.5) is 5.13 Å². The van der Waals surface area contributed by atoms with Crippen molar-refractivity contribution in [3.8, 4) is 0 Å². The second kappa shape index (κ2) is 5.95. The Labute approximate surface area is 104 Å². The predicted octanol–water partition coefficient (Wildman–Crippen LogP) is -0.213. The third kappa shape index (κ3) is 3.65. The summed E-state index contributed by atoms with van der Waals surface area (Å²) < 4.78 is 5.25. The van der Waals surface area contributed by atoms with Gasteiger partial charge in [-0.2, -0.15) is 0 Å². The lowest BCUT2D eigenvalue weighted by Gasteiger charge is -2.26. The number of hydrogen-bond acceptors (Lipinski definition) is 6. The summed E-state index contributed by atoms with van der Waals surface area (Å²) in [5.74, 6) is -0.161. The molecule has 6 nitrogen and oxygen atoms in total. The van der Waals surface area contributed by atoms with E-state index in [1.807, 2.05) is 0 Å². The van der Waals surface area contributed by atoms with Gasteiger partial charge in [-0.3, -0.25) is 9.69 Å². The number of aromatic nitrogens is 1. The van der Waals surface area contributed by atoms with E-state index in [-0.39, 0.29) is 5.91 Å². The molecule has 2 rings (SSSR count). The van der Waals surface area contributed by atoms with E-state index in [1.165, 1.54) is 11.3 Å². The van der Waals surface area contributed by atoms with Crippen LogP contribution < -0.4 is 11.1 Å². The van der Waals surface area contributed by atoms with Crippen molar-refractivity contribution >= 4 is 22.4 Å². The molecule has 0 bridgehead atoms. The lowest BCUT2D eigenvalue weighted by molar-refractivity contribution is 0.0383. The first-order valence-corrected chi connectivity index (χ1v) is 6.43. The maximum atomic E-state index is 11.6. The van der Waals surface area contributed by atoms with Gasteiger partial charge in [-0.15, -0.1) is 11.3 Å². The lowest BCUT2D eigenvalue weighted by atomic mass is 10.4. The molecule has 1 fully saturated rings. The third-order valence-corrected chi connectivity index (χ3v) is 3.25. The first kappa shape index (κ1) is 12.3. The predicted molar refractivity (Wildman–Crippen MR) is 66.1 cm³/mol. The van der Waals surface area contributed by atoms with E-state index in [2.05, 4.69) is 15.2 Å². The van der Waals surface area contributed by atoms with Crippen molar-refractivity contribution in [1.29, 1.82) is 0 Å². The van der Waals surface area contributed by atoms with Gasteiger partial charge in [0, 0.05) is 31.6 Å². The summed E-state index contributed by atoms with van der Waals surface area (Å²) in [6.07, 6.45) is 0. The van der Waals surface area contributed by atoms with Gasteiger partial charge in [0.15, 0.2) is 5.13 Å². The molecule has 1 aromatic rings. The highest BCUT2D eigenvalue weighted by molar-refractivity contribution is 7.13. The van der Waals surface area contributed by atoms with E-state index in [9.17, 15) is 4.79 Å². The Morgan fingerprint density at radius 2 is 2.35 bits per heavy atom. The van der Waals surface area contributed by atoms with E-state index >= 15 is 0 Å². The highest BCUT2D eigenvalue weighted by atomic mass is 32.1. The summed E-state index contributed by atoms with van der Waals surface area (Å²) in [5.41, 5.74) is 5.86. The zero-order chi connectivity index (χ0) is 12.1. The number of nitrogen functional groups attached to an aromatic ring is 1. The molecule has 1 saturated heterocycles. The number of hydrogen-bond donors (Lipinski definition) is 2. The van der Waals surface area contributed by atoms with Crippen molar-refractivity contribution in [3.63, 3.8) is 0 Å². The number of morpholine rings is 1. The van der Waals surface area contributed by atoms with Gasteiger partial charge in [0.05, 0.1) is 13.2 Å². The number of carbonyl (C=O) groups excluding carboxylic acids is 1. The van der Waals surface area contributed by atoms with Crippen LogP contribution in [0.25, 0.3) is 0 Å². The number of rotatable bonds is 4. The average Bonchev–Trinajstić information content (AvgIpc) is 2.77. The zero-order valence-electron chi connectivity index (χ0n) is 9.52. The summed E-state index contributed by atoms with van der Waals surface area (Å²) >= 11 is 1.27. The fourth-order valence-electron chi connectivity index (χ4n) is 1.63. The Morgan fingerprint density at radius 3 is 3.00 bits per heavy atom. The molecule has 1 amide bonds. The molecule has 2 heterocycles. The molecule has 7 heteroatoms. The van der Waals surface area contributed by atoms with Crippen LogP contribution in [-0.4, -0.2) is 55.2 Å². The fourth-order valence-corrected chi connectivity index (χ4v) is 2.18. The molecule has 1 aliphatic heterocycles. The molecule has 0 atom stereocenters. The number of nitrogens with one attached hydrogen (secondary N) is 1. The molecule has 0 aliphatic carbocycles. The monoisotopic (exact) mass is 256 g/mol. The quantitative estimate of drug-likeness (QED) is 0.779. The normalized spacial score (nSPS) is 16.9. The second-order valence-corrected chi connectivity index (χ2v) is 4.67. The Morgan fingerprint density at radius 1 is 1.59 bits per heavy atom. The summed E-state index contributed by atoms with van der Waals surface area (Å²) in [6.45, 7) is 4.87. The number of ether oxygens (including phenoxy) is 1. The van der Waals surface area contributed by atoms with Gasteiger partial charge in [0.2, 0.25) is 0 Å². The van der Waals surface area contributed by atoms with E-state index in [1.54, 1.807) is 5.38 Å². The van der Waals surface area contributed by atoms with E-state index in [0.717, 1.165) is 32.8 Å². The van der Waals surface area contributed by atoms with Gasteiger partial charge >= 0.3 is 0 Å². The van der Waals surface area contributed by atoms with Crippen LogP contribution in [0.2, 0.25) is 0 Å². The minimum atomic E-state index is -0.161. The highest BCUT2D eigenvalue weighted by Gasteiger charge is 2.12. The van der Waals surface area contributed by atoms with Crippen molar-refractivity contribution < 1.29 is 9.53 Å². The van der Waals surface area contributed by atoms with Crippen LogP contribution in [-0.2, 0) is 4.74 Å². The molecule has 17 heavy (non-hydrogen) atoms. The van der Waals surface area contributed by atoms with Gasteiger partial charge in [0.25, 0.3) is 5.91 Å². The first-order chi connectivity index (χ1) is 8.25. The SMILES string of the molecule is Nc1nc(C(=O)NCCN2CCOCC2)cs1. The Hall–Kier alpha value is -1.18. The van der Waals surface area contributed by atoms with Crippen LogP contribution >= 0.6 is 11.3 Å². The van der Waals surface area contributed by atoms with Gasteiger partial charge in [-0.25, -0.2) is 4.98 Å². The summed E-state index contributed by atoms with van der Waals surface area (Å²) in [6, 6.07) is 0. The molecule has 0 saturated carbocycles. The smallest absolute Gasteiger partial charge is 0.270 e. The second-order valence-electron chi connectivity index (χ2n) is 3.78. The molecular formula is C10H16N4O2S. The molecule has 3 N–H and O–H groups in total. The Bertz CT molecular complexity index is 376. The van der Waals surface area contributed by atoms with Crippen molar-refractivity contribution in [3.05, 3.63) is 11.1 Å². The Kier molecular flexibility index (Phi) is 4.29. The fraction of sp³-hybridized carbons (Fsp3) is 0.600. The standard InChI is InChI=1S/C10H16N4O2S/c11-10-13-8(7-17-10)9(15)12-1-2-14-3-5-16-6-4-14/h7H,1-6H2,(H2,11,13)(H,12,15). The molecule has 0 radical (unpaired) electrons. The van der Waals surface area contributed by atoms with Crippen LogP contribution in [0.5, 0.6) is 0 Å². The number of anilines is 1. The zero-order valence-corrected chi connectivity index (χ0v) is 10.3. The molecule has 0 aromatic carbocycles. The topological polar surface area (TPSA) is 80.5 Å². The van der Waals surface area contributed by atoms with Crippen LogP contribution in [0.1, 0.15) is 10.5 Å². The largest absolute Gasteiger partial charge is 0.379 e. The summed E-state index contributed by atoms with van der Waals surface area (Å²) in [7, 11) is 0. The Balaban J connectivity index is 1.69. The van der Waals surface area contributed by atoms with E-state index in [0.29, 0.717) is 17.4 Å². The molecule has 1 aliphatic rings. The van der Waals surface area contributed by atoms with E-state index < -0.39 is 0 Å². The maximum Gasteiger partial charge on any atom is 0.270 e. The van der Waals surface area contributed by atoms with Gasteiger partial charge in [-0.1, -0.05) is 0 Å². The van der Waals surface area contributed by atoms with Crippen molar-refractivity contribution in [2.24, 2.45) is 0 Å². The lowest BCUT2D eigenvalue weighted by Crippen LogP contribution is -2.41. The molecular weight excluding hydrogens is 240 g/mol. The molecule has 94 valence electrons. The number of nitrogens with zero attached hydrogens (tertiary/aromatic N) is 2. The molecule has 0 unspecified atom stereocenters. The average molecular weight is 256 g/mol. The van der Waals surface area contributed by atoms with Gasteiger partial charge in [-0.05, 0) is 0 Å². The van der Waals surface area contributed by atoms with Gasteiger partial charge in [0.1, 0.15) is 5.69 Å². The van der Waals surface area contributed by atoms with Crippen LogP contribution in [0.15, 0.2) is 5.38 Å². The minimum Gasteiger partial charge on any atom is -0.379 e. The number of amides is 1. The van der Waals surface area contributed by atoms with Crippen LogP contribution in [0.3, 0.4) is 0 Å². The molecule has 0 spiro atoms.